The van der Waals surface area contributed by atoms with E-state index in [2.05, 4.69) is 31.0 Å². The number of rotatable bonds is 16. The Labute approximate surface area is 265 Å². The van der Waals surface area contributed by atoms with E-state index in [9.17, 15) is 19.2 Å². The van der Waals surface area contributed by atoms with Crippen LogP contribution in [0.25, 0.3) is 0 Å². The third-order valence-corrected chi connectivity index (χ3v) is 8.36. The summed E-state index contributed by atoms with van der Waals surface area (Å²) in [6, 6.07) is 2.59. The lowest BCUT2D eigenvalue weighted by atomic mass is 9.91. The topological polar surface area (TPSA) is 156 Å². The molecule has 12 heteroatoms. The van der Waals surface area contributed by atoms with Gasteiger partial charge in [-0.1, -0.05) is 39.8 Å². The summed E-state index contributed by atoms with van der Waals surface area (Å²) in [7, 11) is 0. The highest BCUT2D eigenvalue weighted by molar-refractivity contribution is 5.98. The van der Waals surface area contributed by atoms with Gasteiger partial charge in [-0.15, -0.1) is 0 Å². The Kier molecular flexibility index (Phi) is 11.8. The first-order valence-corrected chi connectivity index (χ1v) is 16.0. The lowest BCUT2D eigenvalue weighted by molar-refractivity contribution is -0.133. The van der Waals surface area contributed by atoms with Crippen LogP contribution in [0.4, 0.5) is 0 Å². The number of nitrogens with one attached hydrogen (secondary N) is 3. The summed E-state index contributed by atoms with van der Waals surface area (Å²) in [6.07, 6.45) is 5.90. The molecule has 3 atom stereocenters. The summed E-state index contributed by atoms with van der Waals surface area (Å²) in [4.78, 5) is 60.2. The Morgan fingerprint density at radius 1 is 0.889 bits per heavy atom. The molecule has 3 amide bonds. The van der Waals surface area contributed by atoms with Crippen molar-refractivity contribution in [1.29, 1.82) is 0 Å². The molecule has 2 fully saturated rings. The Morgan fingerprint density at radius 2 is 1.49 bits per heavy atom. The van der Waals surface area contributed by atoms with Crippen LogP contribution in [0.1, 0.15) is 82.1 Å². The van der Waals surface area contributed by atoms with E-state index in [4.69, 9.17) is 9.26 Å². The molecule has 0 aromatic carbocycles. The molecule has 2 aromatic rings. The maximum atomic E-state index is 13.8. The Balaban J connectivity index is 1.47. The predicted octanol–water partition coefficient (Wildman–Crippen LogP) is 2.67. The molecule has 4 rings (SSSR count). The van der Waals surface area contributed by atoms with Gasteiger partial charge in [0, 0.05) is 43.4 Å². The van der Waals surface area contributed by atoms with E-state index < -0.39 is 41.3 Å². The molecule has 0 spiro atoms. The molecule has 246 valence electrons. The molecule has 3 heterocycles. The highest BCUT2D eigenvalue weighted by atomic mass is 16.5. The fraction of sp³-hybridized carbons (Fsp3) is 0.636. The summed E-state index contributed by atoms with van der Waals surface area (Å²) in [5.74, 6) is -0.647. The van der Waals surface area contributed by atoms with Crippen molar-refractivity contribution >= 4 is 23.5 Å². The van der Waals surface area contributed by atoms with E-state index in [0.717, 1.165) is 31.5 Å². The zero-order valence-electron chi connectivity index (χ0n) is 27.1. The number of ether oxygens (including phenoxy) is 1. The average molecular weight is 625 g/mol. The molecule has 0 unspecified atom stereocenters. The number of carbonyl (C=O) groups is 4. The second-order valence-electron chi connectivity index (χ2n) is 13.5. The lowest BCUT2D eigenvalue weighted by Gasteiger charge is -2.27. The van der Waals surface area contributed by atoms with Crippen LogP contribution >= 0.6 is 0 Å². The SMILES string of the molecule is CC(C)C[C@H](NC(=O)c1cc(CN2CCOCC2)on1)C(=O)N[C@@H](Cc1ccncc1)C(=O)N[C@@H](CC(C)C)C(=O)C1(C)CC1. The van der Waals surface area contributed by atoms with Gasteiger partial charge in [0.1, 0.15) is 12.1 Å². The van der Waals surface area contributed by atoms with E-state index in [1.807, 2.05) is 34.6 Å². The fourth-order valence-corrected chi connectivity index (χ4v) is 5.48. The minimum Gasteiger partial charge on any atom is -0.379 e. The molecule has 1 saturated heterocycles. The van der Waals surface area contributed by atoms with Gasteiger partial charge in [0.2, 0.25) is 11.8 Å². The molecule has 0 bridgehead atoms. The van der Waals surface area contributed by atoms with Crippen LogP contribution in [-0.2, 0) is 32.1 Å². The number of carbonyl (C=O) groups excluding carboxylic acids is 4. The number of aromatic nitrogens is 2. The van der Waals surface area contributed by atoms with E-state index in [1.54, 1.807) is 30.6 Å². The largest absolute Gasteiger partial charge is 0.379 e. The van der Waals surface area contributed by atoms with Crippen molar-refractivity contribution in [1.82, 2.24) is 31.0 Å². The fourth-order valence-electron chi connectivity index (χ4n) is 5.48. The van der Waals surface area contributed by atoms with Crippen LogP contribution in [-0.4, -0.2) is 83.0 Å². The third-order valence-electron chi connectivity index (χ3n) is 8.36. The summed E-state index contributed by atoms with van der Waals surface area (Å²) in [5.41, 5.74) is 0.465. The van der Waals surface area contributed by atoms with Gasteiger partial charge in [0.05, 0.1) is 25.8 Å². The Hall–Kier alpha value is -3.64. The van der Waals surface area contributed by atoms with Crippen molar-refractivity contribution in [3.63, 3.8) is 0 Å². The first kappa shape index (κ1) is 34.2. The molecule has 45 heavy (non-hydrogen) atoms. The molecule has 2 aliphatic rings. The van der Waals surface area contributed by atoms with Gasteiger partial charge in [-0.2, -0.15) is 0 Å². The van der Waals surface area contributed by atoms with Gasteiger partial charge in [0.25, 0.3) is 5.91 Å². The molecule has 1 saturated carbocycles. The second-order valence-corrected chi connectivity index (χ2v) is 13.5. The summed E-state index contributed by atoms with van der Waals surface area (Å²) < 4.78 is 10.8. The van der Waals surface area contributed by atoms with Gasteiger partial charge < -0.3 is 25.2 Å². The molecule has 1 aliphatic carbocycles. The number of ketones is 1. The normalized spacial score (nSPS) is 18.2. The summed E-state index contributed by atoms with van der Waals surface area (Å²) >= 11 is 0. The van der Waals surface area contributed by atoms with E-state index in [1.165, 1.54) is 0 Å². The van der Waals surface area contributed by atoms with Crippen molar-refractivity contribution < 1.29 is 28.4 Å². The minimum absolute atomic E-state index is 0.0316. The smallest absolute Gasteiger partial charge is 0.274 e. The summed E-state index contributed by atoms with van der Waals surface area (Å²) in [6.45, 7) is 13.2. The molecular weight excluding hydrogens is 576 g/mol. The zero-order valence-corrected chi connectivity index (χ0v) is 27.1. The van der Waals surface area contributed by atoms with Crippen molar-refractivity contribution in [3.05, 3.63) is 47.6 Å². The molecular formula is C33H48N6O6. The van der Waals surface area contributed by atoms with Gasteiger partial charge in [-0.25, -0.2) is 0 Å². The lowest BCUT2D eigenvalue weighted by Crippen LogP contribution is -2.57. The first-order valence-electron chi connectivity index (χ1n) is 16.0. The van der Waals surface area contributed by atoms with Crippen molar-refractivity contribution in [3.8, 4) is 0 Å². The highest BCUT2D eigenvalue weighted by Crippen LogP contribution is 2.47. The molecule has 0 radical (unpaired) electrons. The molecule has 1 aliphatic heterocycles. The van der Waals surface area contributed by atoms with Crippen molar-refractivity contribution in [2.75, 3.05) is 26.3 Å². The molecule has 3 N–H and O–H groups in total. The van der Waals surface area contributed by atoms with E-state index >= 15 is 0 Å². The Bertz CT molecular complexity index is 1300. The highest BCUT2D eigenvalue weighted by Gasteiger charge is 2.48. The number of hydrogen-bond acceptors (Lipinski definition) is 9. The predicted molar refractivity (Wildman–Crippen MR) is 167 cm³/mol. The number of nitrogens with zero attached hydrogens (tertiary/aromatic N) is 3. The van der Waals surface area contributed by atoms with Crippen LogP contribution in [0, 0.1) is 17.3 Å². The second kappa shape index (κ2) is 15.6. The van der Waals surface area contributed by atoms with Gasteiger partial charge in [-0.3, -0.25) is 29.1 Å². The standard InChI is InChI=1S/C33H48N6O6/c1-21(2)16-25(29(40)33(5)8-9-33)35-31(42)27(18-23-6-10-34-11-7-23)37-30(41)26(17-22(3)4)36-32(43)28-19-24(45-38-28)20-39-12-14-44-15-13-39/h6-7,10-11,19,21-22,25-27H,8-9,12-18,20H2,1-5H3,(H,35,42)(H,36,43)(H,37,41)/t25-,26-,27-/m0/s1. The minimum atomic E-state index is -0.979. The van der Waals surface area contributed by atoms with Crippen LogP contribution in [0.5, 0.6) is 0 Å². The summed E-state index contributed by atoms with van der Waals surface area (Å²) in [5, 5.41) is 12.6. The van der Waals surface area contributed by atoms with E-state index in [-0.39, 0.29) is 29.7 Å². The number of amides is 3. The first-order chi connectivity index (χ1) is 21.4. The molecule has 2 aromatic heterocycles. The monoisotopic (exact) mass is 624 g/mol. The van der Waals surface area contributed by atoms with Crippen molar-refractivity contribution in [2.24, 2.45) is 17.3 Å². The number of hydrogen-bond donors (Lipinski definition) is 3. The maximum Gasteiger partial charge on any atom is 0.274 e. The average Bonchev–Trinajstić information content (AvgIpc) is 3.58. The van der Waals surface area contributed by atoms with E-state index in [0.29, 0.717) is 38.4 Å². The third kappa shape index (κ3) is 10.2. The molecule has 12 nitrogen and oxygen atoms in total. The van der Waals surface area contributed by atoms with Crippen LogP contribution in [0.2, 0.25) is 0 Å². The van der Waals surface area contributed by atoms with Crippen LogP contribution in [0.15, 0.2) is 35.1 Å². The number of Topliss-reactive ketones (excluding diaryl/α,β-unsaturated/α-hetero) is 1. The maximum absolute atomic E-state index is 13.8. The van der Waals surface area contributed by atoms with Crippen LogP contribution in [0.3, 0.4) is 0 Å². The number of pyridine rings is 1. The van der Waals surface area contributed by atoms with Crippen LogP contribution < -0.4 is 16.0 Å². The zero-order chi connectivity index (χ0) is 32.6. The Morgan fingerprint density at radius 3 is 2.11 bits per heavy atom. The van der Waals surface area contributed by atoms with Crippen molar-refractivity contribution in [2.45, 2.75) is 91.4 Å². The van der Waals surface area contributed by atoms with Gasteiger partial charge >= 0.3 is 0 Å². The van der Waals surface area contributed by atoms with Gasteiger partial charge in [-0.05, 0) is 55.2 Å². The number of morpholine rings is 1. The van der Waals surface area contributed by atoms with Gasteiger partial charge in [0.15, 0.2) is 17.2 Å². The quantitative estimate of drug-likeness (QED) is 0.256.